The molecule has 1 aliphatic rings. The molecule has 40 heavy (non-hydrogen) atoms. The van der Waals surface area contributed by atoms with Crippen LogP contribution >= 0.6 is 23.2 Å². The van der Waals surface area contributed by atoms with Crippen LogP contribution in [-0.4, -0.2) is 54.4 Å². The van der Waals surface area contributed by atoms with Gasteiger partial charge in [0.2, 0.25) is 5.16 Å². The van der Waals surface area contributed by atoms with Gasteiger partial charge in [0.25, 0.3) is 11.5 Å². The molecule has 0 saturated heterocycles. The Bertz CT molecular complexity index is 1610. The van der Waals surface area contributed by atoms with Gasteiger partial charge < -0.3 is 9.64 Å². The first kappa shape index (κ1) is 29.7. The number of rotatable bonds is 5. The number of fused-ring (bicyclic) bond motifs is 1. The van der Waals surface area contributed by atoms with E-state index < -0.39 is 51.0 Å². The highest BCUT2D eigenvalue weighted by Gasteiger charge is 2.36. The van der Waals surface area contributed by atoms with Crippen LogP contribution in [0.3, 0.4) is 0 Å². The monoisotopic (exact) mass is 616 g/mol. The van der Waals surface area contributed by atoms with Crippen molar-refractivity contribution in [2.75, 3.05) is 12.9 Å². The molecular formula is C25H21Cl2F3N4O5S. The summed E-state index contributed by atoms with van der Waals surface area (Å²) in [6.07, 6.45) is -2.31. The van der Waals surface area contributed by atoms with Gasteiger partial charge in [0.1, 0.15) is 0 Å². The van der Waals surface area contributed by atoms with Gasteiger partial charge in [-0.05, 0) is 44.5 Å². The molecule has 0 radical (unpaired) electrons. The van der Waals surface area contributed by atoms with Crippen LogP contribution in [0.5, 0.6) is 0 Å². The average Bonchev–Trinajstić information content (AvgIpc) is 2.88. The second kappa shape index (κ2) is 11.3. The Morgan fingerprint density at radius 1 is 1.18 bits per heavy atom. The molecule has 9 nitrogen and oxygen atoms in total. The Kier molecular flexibility index (Phi) is 8.38. The predicted octanol–water partition coefficient (Wildman–Crippen LogP) is 4.45. The predicted molar refractivity (Wildman–Crippen MR) is 140 cm³/mol. The summed E-state index contributed by atoms with van der Waals surface area (Å²) < 4.78 is 58.6. The maximum absolute atomic E-state index is 13.7. The molecule has 2 atom stereocenters. The lowest BCUT2D eigenvalue weighted by molar-refractivity contribution is -0.137. The van der Waals surface area contributed by atoms with Gasteiger partial charge >= 0.3 is 12.1 Å². The zero-order chi connectivity index (χ0) is 29.5. The largest absolute Gasteiger partial charge is 0.462 e. The third-order valence-corrected chi connectivity index (χ3v) is 7.56. The van der Waals surface area contributed by atoms with E-state index in [0.29, 0.717) is 6.07 Å². The van der Waals surface area contributed by atoms with Gasteiger partial charge in [0.05, 0.1) is 50.8 Å². The van der Waals surface area contributed by atoms with Crippen molar-refractivity contribution < 1.29 is 31.7 Å². The molecule has 0 spiro atoms. The first-order valence-corrected chi connectivity index (χ1v) is 14.0. The first-order chi connectivity index (χ1) is 18.7. The fourth-order valence-corrected chi connectivity index (χ4v) is 5.39. The van der Waals surface area contributed by atoms with E-state index in [9.17, 15) is 31.8 Å². The number of hydrogen-bond donors (Lipinski definition) is 0. The van der Waals surface area contributed by atoms with E-state index in [4.69, 9.17) is 27.9 Å². The standard InChI is InChI=1S/C25H21Cl2F3N4O5S/c1-4-39-23(37)14-9-18(27)20(31-10-14)34-22(36)15-7-12(2)33(11-19(15)32-24(34)40(3)38)21(35)13-5-6-17(26)16(8-13)25(28,29)30/h5-6,8-10,12H,4,7,11H2,1-3H3/t12-,40?/m1/s1. The fourth-order valence-electron chi connectivity index (χ4n) is 4.25. The maximum atomic E-state index is 13.7. The van der Waals surface area contributed by atoms with Crippen LogP contribution in [0.4, 0.5) is 13.2 Å². The summed E-state index contributed by atoms with van der Waals surface area (Å²) in [5, 5.41) is -0.847. The Morgan fingerprint density at radius 2 is 1.88 bits per heavy atom. The highest BCUT2D eigenvalue weighted by Crippen LogP contribution is 2.36. The molecule has 15 heteroatoms. The number of nitrogens with zero attached hydrogens (tertiary/aromatic N) is 4. The van der Waals surface area contributed by atoms with Crippen molar-refractivity contribution >= 4 is 45.9 Å². The molecule has 1 aromatic carbocycles. The lowest BCUT2D eigenvalue weighted by Gasteiger charge is -2.34. The summed E-state index contributed by atoms with van der Waals surface area (Å²) in [6.45, 7) is 3.18. The summed E-state index contributed by atoms with van der Waals surface area (Å²) in [7, 11) is -1.84. The Labute approximate surface area is 238 Å². The molecule has 1 unspecified atom stereocenters. The van der Waals surface area contributed by atoms with Crippen LogP contribution in [-0.2, 0) is 34.7 Å². The van der Waals surface area contributed by atoms with E-state index in [1.54, 1.807) is 13.8 Å². The molecule has 0 saturated carbocycles. The van der Waals surface area contributed by atoms with E-state index in [2.05, 4.69) is 9.97 Å². The minimum Gasteiger partial charge on any atom is -0.462 e. The van der Waals surface area contributed by atoms with E-state index >= 15 is 0 Å². The average molecular weight is 617 g/mol. The number of carbonyl (C=O) groups is 2. The van der Waals surface area contributed by atoms with Gasteiger partial charge in [-0.1, -0.05) is 23.2 Å². The van der Waals surface area contributed by atoms with Gasteiger partial charge in [0.15, 0.2) is 5.82 Å². The second-order valence-corrected chi connectivity index (χ2v) is 10.9. The van der Waals surface area contributed by atoms with Crippen molar-refractivity contribution in [1.82, 2.24) is 19.4 Å². The van der Waals surface area contributed by atoms with Crippen LogP contribution in [0.2, 0.25) is 10.0 Å². The molecule has 0 fully saturated rings. The third kappa shape index (κ3) is 5.63. The smallest absolute Gasteiger partial charge is 0.417 e. The second-order valence-electron chi connectivity index (χ2n) is 8.84. The Morgan fingerprint density at radius 3 is 2.48 bits per heavy atom. The number of hydrogen-bond acceptors (Lipinski definition) is 7. The van der Waals surface area contributed by atoms with Crippen LogP contribution < -0.4 is 5.56 Å². The van der Waals surface area contributed by atoms with Crippen molar-refractivity contribution in [3.05, 3.63) is 78.8 Å². The number of carbonyl (C=O) groups excluding carboxylic acids is 2. The SMILES string of the molecule is CCOC(=O)c1cnc(-n2c(S(C)=O)nc3c(c2=O)C[C@@H](C)N(C(=O)c2ccc(Cl)c(C(F)(F)F)c2)C3)c(Cl)c1. The molecule has 1 amide bonds. The number of benzene rings is 1. The maximum Gasteiger partial charge on any atom is 0.417 e. The number of alkyl halides is 3. The number of ether oxygens (including phenoxy) is 1. The molecule has 4 rings (SSSR count). The summed E-state index contributed by atoms with van der Waals surface area (Å²) in [4.78, 5) is 48.8. The van der Waals surface area contributed by atoms with Crippen molar-refractivity contribution in [2.45, 2.75) is 44.2 Å². The summed E-state index contributed by atoms with van der Waals surface area (Å²) >= 11 is 12.0. The van der Waals surface area contributed by atoms with Gasteiger partial charge in [-0.25, -0.2) is 19.3 Å². The van der Waals surface area contributed by atoms with E-state index in [-0.39, 0.29) is 58.0 Å². The number of halogens is 5. The number of pyridine rings is 1. The van der Waals surface area contributed by atoms with Crippen molar-refractivity contribution in [3.63, 3.8) is 0 Å². The van der Waals surface area contributed by atoms with Crippen molar-refractivity contribution in [2.24, 2.45) is 0 Å². The minimum atomic E-state index is -4.76. The first-order valence-electron chi connectivity index (χ1n) is 11.7. The molecule has 2 aromatic heterocycles. The van der Waals surface area contributed by atoms with E-state index in [1.165, 1.54) is 23.3 Å². The topological polar surface area (TPSA) is 111 Å². The highest BCUT2D eigenvalue weighted by atomic mass is 35.5. The van der Waals surface area contributed by atoms with Gasteiger partial charge in [-0.3, -0.25) is 13.8 Å². The lowest BCUT2D eigenvalue weighted by Crippen LogP contribution is -2.46. The summed E-state index contributed by atoms with van der Waals surface area (Å²) in [5.41, 5.74) is -1.62. The van der Waals surface area contributed by atoms with Gasteiger partial charge in [-0.2, -0.15) is 13.2 Å². The Hall–Kier alpha value is -3.29. The molecule has 0 bridgehead atoms. The molecule has 3 heterocycles. The molecule has 3 aromatic rings. The molecule has 0 aliphatic carbocycles. The van der Waals surface area contributed by atoms with Crippen molar-refractivity contribution in [3.8, 4) is 5.82 Å². The summed E-state index contributed by atoms with van der Waals surface area (Å²) in [5.74, 6) is -1.49. The highest BCUT2D eigenvalue weighted by molar-refractivity contribution is 7.84. The van der Waals surface area contributed by atoms with Crippen LogP contribution in [0.15, 0.2) is 40.4 Å². The quantitative estimate of drug-likeness (QED) is 0.307. The molecule has 0 N–H and O–H groups in total. The van der Waals surface area contributed by atoms with E-state index in [0.717, 1.165) is 16.8 Å². The molecule has 212 valence electrons. The number of esters is 1. The minimum absolute atomic E-state index is 0.00177. The van der Waals surface area contributed by atoms with Crippen molar-refractivity contribution in [1.29, 1.82) is 0 Å². The number of amides is 1. The normalized spacial score (nSPS) is 15.9. The van der Waals surface area contributed by atoms with Gasteiger partial charge in [0, 0.05) is 29.6 Å². The third-order valence-electron chi connectivity index (χ3n) is 6.16. The van der Waals surface area contributed by atoms with Crippen LogP contribution in [0, 0.1) is 0 Å². The fraction of sp³-hybridized carbons (Fsp3) is 0.320. The van der Waals surface area contributed by atoms with E-state index in [1.807, 2.05) is 0 Å². The molecule has 1 aliphatic heterocycles. The zero-order valence-electron chi connectivity index (χ0n) is 21.2. The molecular weight excluding hydrogens is 596 g/mol. The number of aromatic nitrogens is 3. The Balaban J connectivity index is 1.76. The summed E-state index contributed by atoms with van der Waals surface area (Å²) in [6, 6.07) is 3.52. The lowest BCUT2D eigenvalue weighted by atomic mass is 9.98. The van der Waals surface area contributed by atoms with Crippen LogP contribution in [0.25, 0.3) is 5.82 Å². The van der Waals surface area contributed by atoms with Crippen LogP contribution in [0.1, 0.15) is 51.4 Å². The zero-order valence-corrected chi connectivity index (χ0v) is 23.5. The van der Waals surface area contributed by atoms with Gasteiger partial charge in [-0.15, -0.1) is 0 Å².